The molecule has 17 heavy (non-hydrogen) atoms. The van der Waals surface area contributed by atoms with Crippen molar-refractivity contribution in [1.82, 2.24) is 0 Å². The summed E-state index contributed by atoms with van der Waals surface area (Å²) in [5.74, 6) is 1.29. The first kappa shape index (κ1) is 12.7. The molecule has 0 spiro atoms. The average molecular weight is 276 g/mol. The van der Waals surface area contributed by atoms with Gasteiger partial charge in [0.05, 0.1) is 16.5 Å². The van der Waals surface area contributed by atoms with Gasteiger partial charge in [-0.1, -0.05) is 24.4 Å². The summed E-state index contributed by atoms with van der Waals surface area (Å²) in [6.45, 7) is 0.610. The normalized spacial score (nSPS) is 15.9. The predicted molar refractivity (Wildman–Crippen MR) is 65.7 cm³/mol. The Morgan fingerprint density at radius 2 is 2.12 bits per heavy atom. The molecule has 2 N–H and O–H groups in total. The molecule has 1 aromatic carbocycles. The van der Waals surface area contributed by atoms with Crippen molar-refractivity contribution in [2.75, 3.05) is 6.61 Å². The van der Waals surface area contributed by atoms with Gasteiger partial charge in [-0.3, -0.25) is 0 Å². The lowest BCUT2D eigenvalue weighted by Crippen LogP contribution is -2.12. The van der Waals surface area contributed by atoms with Crippen LogP contribution in [0.5, 0.6) is 5.75 Å². The number of benzene rings is 1. The molecule has 4 nitrogen and oxygen atoms in total. The van der Waals surface area contributed by atoms with Gasteiger partial charge in [0.1, 0.15) is 5.75 Å². The molecule has 0 bridgehead atoms. The van der Waals surface area contributed by atoms with Gasteiger partial charge in [-0.2, -0.15) is 0 Å². The van der Waals surface area contributed by atoms with Gasteiger partial charge in [0.2, 0.25) is 10.0 Å². The maximum atomic E-state index is 11.1. The van der Waals surface area contributed by atoms with Gasteiger partial charge in [-0.05, 0) is 30.5 Å². The number of halogens is 1. The maximum absolute atomic E-state index is 11.1. The van der Waals surface area contributed by atoms with Crippen molar-refractivity contribution < 1.29 is 13.2 Å². The third-order valence-corrected chi connectivity index (χ3v) is 3.92. The Balaban J connectivity index is 2.02. The number of ether oxygens (including phenoxy) is 1. The Kier molecular flexibility index (Phi) is 3.61. The summed E-state index contributed by atoms with van der Waals surface area (Å²) in [5, 5.41) is 5.27. The van der Waals surface area contributed by atoms with Gasteiger partial charge in [0, 0.05) is 0 Å². The van der Waals surface area contributed by atoms with E-state index in [-0.39, 0.29) is 9.92 Å². The SMILES string of the molecule is NS(=O)(=O)c1ccc(OCCC2CC2)c(Cl)c1. The topological polar surface area (TPSA) is 69.4 Å². The molecule has 2 rings (SSSR count). The third kappa shape index (κ3) is 3.59. The largest absolute Gasteiger partial charge is 0.492 e. The van der Waals surface area contributed by atoms with Crippen molar-refractivity contribution in [3.05, 3.63) is 23.2 Å². The monoisotopic (exact) mass is 275 g/mol. The van der Waals surface area contributed by atoms with E-state index in [4.69, 9.17) is 21.5 Å². The zero-order valence-electron chi connectivity index (χ0n) is 9.23. The van der Waals surface area contributed by atoms with Crippen molar-refractivity contribution in [1.29, 1.82) is 0 Å². The first-order chi connectivity index (χ1) is 7.97. The van der Waals surface area contributed by atoms with Crippen LogP contribution in [-0.4, -0.2) is 15.0 Å². The molecular weight excluding hydrogens is 262 g/mol. The van der Waals surface area contributed by atoms with E-state index in [1.54, 1.807) is 0 Å². The van der Waals surface area contributed by atoms with E-state index in [2.05, 4.69) is 0 Å². The fourth-order valence-corrected chi connectivity index (χ4v) is 2.36. The Morgan fingerprint density at radius 1 is 1.41 bits per heavy atom. The first-order valence-corrected chi connectivity index (χ1v) is 7.34. The van der Waals surface area contributed by atoms with E-state index >= 15 is 0 Å². The third-order valence-electron chi connectivity index (χ3n) is 2.71. The predicted octanol–water partition coefficient (Wildman–Crippen LogP) is 2.17. The lowest BCUT2D eigenvalue weighted by Gasteiger charge is -2.08. The molecule has 0 amide bonds. The second-order valence-corrected chi connectivity index (χ2v) is 6.19. The summed E-state index contributed by atoms with van der Waals surface area (Å²) >= 11 is 5.92. The van der Waals surface area contributed by atoms with E-state index in [0.29, 0.717) is 12.4 Å². The van der Waals surface area contributed by atoms with Gasteiger partial charge in [0.15, 0.2) is 0 Å². The quantitative estimate of drug-likeness (QED) is 0.895. The highest BCUT2D eigenvalue weighted by Crippen LogP contribution is 2.33. The summed E-state index contributed by atoms with van der Waals surface area (Å²) in [5.41, 5.74) is 0. The zero-order chi connectivity index (χ0) is 12.5. The van der Waals surface area contributed by atoms with Gasteiger partial charge < -0.3 is 4.74 Å². The van der Waals surface area contributed by atoms with Crippen LogP contribution in [0.25, 0.3) is 0 Å². The zero-order valence-corrected chi connectivity index (χ0v) is 10.8. The summed E-state index contributed by atoms with van der Waals surface area (Å²) in [6, 6.07) is 4.24. The van der Waals surface area contributed by atoms with E-state index in [0.717, 1.165) is 12.3 Å². The van der Waals surface area contributed by atoms with Gasteiger partial charge in [-0.15, -0.1) is 0 Å². The maximum Gasteiger partial charge on any atom is 0.238 e. The Labute approximate surface area is 106 Å². The summed E-state index contributed by atoms with van der Waals surface area (Å²) in [4.78, 5) is -0.00274. The Morgan fingerprint density at radius 3 is 2.65 bits per heavy atom. The minimum atomic E-state index is -3.71. The number of hydrogen-bond donors (Lipinski definition) is 1. The van der Waals surface area contributed by atoms with E-state index in [9.17, 15) is 8.42 Å². The van der Waals surface area contributed by atoms with Crippen molar-refractivity contribution in [3.63, 3.8) is 0 Å². The number of hydrogen-bond acceptors (Lipinski definition) is 3. The molecule has 1 aliphatic rings. The molecule has 0 radical (unpaired) electrons. The van der Waals surface area contributed by atoms with Crippen LogP contribution in [0, 0.1) is 5.92 Å². The number of primary sulfonamides is 1. The average Bonchev–Trinajstić information content (AvgIpc) is 3.02. The van der Waals surface area contributed by atoms with Gasteiger partial charge >= 0.3 is 0 Å². The van der Waals surface area contributed by atoms with Crippen LogP contribution >= 0.6 is 11.6 Å². The second-order valence-electron chi connectivity index (χ2n) is 4.22. The lowest BCUT2D eigenvalue weighted by atomic mass is 10.3. The molecule has 1 aromatic rings. The molecule has 0 saturated heterocycles. The minimum Gasteiger partial charge on any atom is -0.492 e. The fraction of sp³-hybridized carbons (Fsp3) is 0.455. The number of rotatable bonds is 5. The van der Waals surface area contributed by atoms with Crippen LogP contribution in [0.15, 0.2) is 23.1 Å². The number of nitrogens with two attached hydrogens (primary N) is 1. The Bertz CT molecular complexity index is 511. The van der Waals surface area contributed by atoms with Crippen molar-refractivity contribution in [3.8, 4) is 5.75 Å². The van der Waals surface area contributed by atoms with E-state index in [1.165, 1.54) is 31.0 Å². The molecular formula is C11H14ClNO3S. The molecule has 0 heterocycles. The molecule has 0 atom stereocenters. The molecule has 0 aromatic heterocycles. The van der Waals surface area contributed by atoms with Gasteiger partial charge in [0.25, 0.3) is 0 Å². The van der Waals surface area contributed by atoms with Crippen molar-refractivity contribution >= 4 is 21.6 Å². The smallest absolute Gasteiger partial charge is 0.238 e. The Hall–Kier alpha value is -0.780. The molecule has 1 aliphatic carbocycles. The lowest BCUT2D eigenvalue weighted by molar-refractivity contribution is 0.302. The van der Waals surface area contributed by atoms with Crippen LogP contribution in [0.4, 0.5) is 0 Å². The minimum absolute atomic E-state index is 0.00274. The molecule has 94 valence electrons. The van der Waals surface area contributed by atoms with Crippen LogP contribution in [0.3, 0.4) is 0 Å². The van der Waals surface area contributed by atoms with Crippen molar-refractivity contribution in [2.45, 2.75) is 24.2 Å². The molecule has 1 saturated carbocycles. The van der Waals surface area contributed by atoms with Crippen LogP contribution in [0.2, 0.25) is 5.02 Å². The van der Waals surface area contributed by atoms with Gasteiger partial charge in [-0.25, -0.2) is 13.6 Å². The standard InChI is InChI=1S/C11H14ClNO3S/c12-10-7-9(17(13,14)15)3-4-11(10)16-6-5-8-1-2-8/h3-4,7-8H,1-2,5-6H2,(H2,13,14,15). The van der Waals surface area contributed by atoms with Crippen LogP contribution < -0.4 is 9.88 Å². The molecule has 1 fully saturated rings. The van der Waals surface area contributed by atoms with Crippen molar-refractivity contribution in [2.24, 2.45) is 11.1 Å². The highest BCUT2D eigenvalue weighted by atomic mass is 35.5. The first-order valence-electron chi connectivity index (χ1n) is 5.42. The summed E-state index contributed by atoms with van der Waals surface area (Å²) < 4.78 is 27.7. The summed E-state index contributed by atoms with van der Waals surface area (Å²) in [7, 11) is -3.71. The van der Waals surface area contributed by atoms with E-state index < -0.39 is 10.0 Å². The molecule has 6 heteroatoms. The van der Waals surface area contributed by atoms with Crippen LogP contribution in [0.1, 0.15) is 19.3 Å². The highest BCUT2D eigenvalue weighted by Gasteiger charge is 2.21. The second kappa shape index (κ2) is 4.84. The van der Waals surface area contributed by atoms with Crippen LogP contribution in [-0.2, 0) is 10.0 Å². The van der Waals surface area contributed by atoms with E-state index in [1.807, 2.05) is 0 Å². The fourth-order valence-electron chi connectivity index (χ4n) is 1.52. The highest BCUT2D eigenvalue weighted by molar-refractivity contribution is 7.89. The molecule has 0 aliphatic heterocycles. The molecule has 0 unspecified atom stereocenters. The summed E-state index contributed by atoms with van der Waals surface area (Å²) in [6.07, 6.45) is 3.58. The number of sulfonamides is 1.